The maximum absolute atomic E-state index is 12.3. The molecule has 0 aromatic heterocycles. The number of aliphatic imine (C=N–C) groups is 1. The fraction of sp³-hybridized carbons (Fsp3) is 0.682. The molecule has 1 aromatic carbocycles. The zero-order valence-electron chi connectivity index (χ0n) is 18.5. The van der Waals surface area contributed by atoms with Gasteiger partial charge in [0.25, 0.3) is 0 Å². The molecule has 2 aliphatic heterocycles. The molecule has 2 N–H and O–H groups in total. The highest BCUT2D eigenvalue weighted by Crippen LogP contribution is 2.30. The van der Waals surface area contributed by atoms with Gasteiger partial charge in [-0.25, -0.2) is 4.99 Å². The number of guanidine groups is 1. The van der Waals surface area contributed by atoms with Gasteiger partial charge in [-0.1, -0.05) is 12.1 Å². The number of hydrogen-bond donors (Lipinski definition) is 2. The Balaban J connectivity index is 0.00000363. The number of benzene rings is 1. The van der Waals surface area contributed by atoms with Crippen molar-refractivity contribution in [3.05, 3.63) is 29.8 Å². The third kappa shape index (κ3) is 8.26. The standard InChI is InChI=1S/C22H33F3N4O2.HI/c1-2-26-20(27-15-18-5-7-19(8-6-18)31-17-22(23,24)25)28-16-21(9-13-30-14-10-21)29-11-3-4-12-29;/h5-8H,2-4,9-17H2,1H3,(H2,26,27,28);1H. The molecular weight excluding hydrogens is 536 g/mol. The van der Waals surface area contributed by atoms with Gasteiger partial charge in [0, 0.05) is 31.8 Å². The van der Waals surface area contributed by atoms with Crippen molar-refractivity contribution >= 4 is 29.9 Å². The second-order valence-corrected chi connectivity index (χ2v) is 8.13. The van der Waals surface area contributed by atoms with Crippen LogP contribution in [0.3, 0.4) is 0 Å². The van der Waals surface area contributed by atoms with Crippen LogP contribution in [0.2, 0.25) is 0 Å². The Kier molecular flexibility index (Phi) is 10.8. The van der Waals surface area contributed by atoms with Crippen molar-refractivity contribution in [1.29, 1.82) is 0 Å². The van der Waals surface area contributed by atoms with Gasteiger partial charge in [0.15, 0.2) is 12.6 Å². The highest BCUT2D eigenvalue weighted by molar-refractivity contribution is 14.0. The average molecular weight is 570 g/mol. The Hall–Kier alpha value is -1.27. The van der Waals surface area contributed by atoms with Gasteiger partial charge in [0.2, 0.25) is 0 Å². The van der Waals surface area contributed by atoms with Gasteiger partial charge in [-0.15, -0.1) is 24.0 Å². The summed E-state index contributed by atoms with van der Waals surface area (Å²) in [5, 5.41) is 6.81. The minimum atomic E-state index is -4.34. The zero-order valence-corrected chi connectivity index (χ0v) is 20.9. The van der Waals surface area contributed by atoms with Crippen molar-refractivity contribution in [1.82, 2.24) is 15.5 Å². The van der Waals surface area contributed by atoms with Crippen LogP contribution in [0.4, 0.5) is 13.2 Å². The Bertz CT molecular complexity index is 704. The number of nitrogens with zero attached hydrogens (tertiary/aromatic N) is 2. The second kappa shape index (κ2) is 12.8. The van der Waals surface area contributed by atoms with E-state index in [-0.39, 0.29) is 35.3 Å². The number of halogens is 4. The van der Waals surface area contributed by atoms with E-state index < -0.39 is 12.8 Å². The minimum Gasteiger partial charge on any atom is -0.484 e. The second-order valence-electron chi connectivity index (χ2n) is 8.13. The quantitative estimate of drug-likeness (QED) is 0.282. The lowest BCUT2D eigenvalue weighted by atomic mass is 9.88. The molecule has 182 valence electrons. The summed E-state index contributed by atoms with van der Waals surface area (Å²) in [7, 11) is 0. The molecule has 2 saturated heterocycles. The zero-order chi connectivity index (χ0) is 22.2. The summed E-state index contributed by atoms with van der Waals surface area (Å²) < 4.78 is 47.2. The first-order valence-corrected chi connectivity index (χ1v) is 11.0. The molecule has 2 aliphatic rings. The molecule has 2 fully saturated rings. The molecular formula is C22H34F3IN4O2. The van der Waals surface area contributed by atoms with Crippen LogP contribution in [0, 0.1) is 0 Å². The molecule has 0 bridgehead atoms. The number of likely N-dealkylation sites (tertiary alicyclic amines) is 1. The van der Waals surface area contributed by atoms with Gasteiger partial charge >= 0.3 is 6.18 Å². The molecule has 0 aliphatic carbocycles. The number of hydrogen-bond acceptors (Lipinski definition) is 4. The lowest BCUT2D eigenvalue weighted by molar-refractivity contribution is -0.153. The van der Waals surface area contributed by atoms with Crippen LogP contribution in [-0.4, -0.2) is 68.6 Å². The van der Waals surface area contributed by atoms with E-state index in [1.54, 1.807) is 24.3 Å². The number of nitrogens with one attached hydrogen (secondary N) is 2. The first kappa shape index (κ1) is 27.0. The molecule has 0 radical (unpaired) electrons. The van der Waals surface area contributed by atoms with Crippen LogP contribution in [0.25, 0.3) is 0 Å². The molecule has 2 heterocycles. The van der Waals surface area contributed by atoms with Gasteiger partial charge in [-0.3, -0.25) is 4.90 Å². The Labute approximate surface area is 205 Å². The molecule has 32 heavy (non-hydrogen) atoms. The Morgan fingerprint density at radius 2 is 1.78 bits per heavy atom. The van der Waals surface area contributed by atoms with Gasteiger partial charge in [0.1, 0.15) is 5.75 Å². The van der Waals surface area contributed by atoms with E-state index in [0.29, 0.717) is 6.54 Å². The Morgan fingerprint density at radius 1 is 1.12 bits per heavy atom. The third-order valence-electron chi connectivity index (χ3n) is 5.88. The molecule has 10 heteroatoms. The van der Waals surface area contributed by atoms with Crippen LogP contribution in [0.15, 0.2) is 29.3 Å². The molecule has 0 atom stereocenters. The third-order valence-corrected chi connectivity index (χ3v) is 5.88. The van der Waals surface area contributed by atoms with Gasteiger partial charge < -0.3 is 20.1 Å². The summed E-state index contributed by atoms with van der Waals surface area (Å²) in [6.07, 6.45) is 0.183. The van der Waals surface area contributed by atoms with E-state index in [0.717, 1.165) is 63.8 Å². The smallest absolute Gasteiger partial charge is 0.422 e. The number of rotatable bonds is 8. The molecule has 1 aromatic rings. The van der Waals surface area contributed by atoms with Crippen LogP contribution in [-0.2, 0) is 11.3 Å². The highest BCUT2D eigenvalue weighted by atomic mass is 127. The topological polar surface area (TPSA) is 58.1 Å². The first-order chi connectivity index (χ1) is 14.9. The largest absolute Gasteiger partial charge is 0.484 e. The monoisotopic (exact) mass is 570 g/mol. The molecule has 0 amide bonds. The predicted octanol–water partition coefficient (Wildman–Crippen LogP) is 3.95. The van der Waals surface area contributed by atoms with Crippen LogP contribution >= 0.6 is 24.0 Å². The normalized spacial score (nSPS) is 19.3. The fourth-order valence-corrected chi connectivity index (χ4v) is 4.16. The average Bonchev–Trinajstić information content (AvgIpc) is 3.31. The maximum Gasteiger partial charge on any atom is 0.422 e. The predicted molar refractivity (Wildman–Crippen MR) is 130 cm³/mol. The summed E-state index contributed by atoms with van der Waals surface area (Å²) in [6, 6.07) is 6.56. The fourth-order valence-electron chi connectivity index (χ4n) is 4.16. The number of ether oxygens (including phenoxy) is 2. The van der Waals surface area contributed by atoms with Crippen molar-refractivity contribution in [3.63, 3.8) is 0 Å². The molecule has 6 nitrogen and oxygen atoms in total. The van der Waals surface area contributed by atoms with E-state index in [2.05, 4.69) is 20.5 Å². The van der Waals surface area contributed by atoms with Crippen LogP contribution in [0.5, 0.6) is 5.75 Å². The van der Waals surface area contributed by atoms with Crippen LogP contribution in [0.1, 0.15) is 38.2 Å². The van der Waals surface area contributed by atoms with E-state index in [4.69, 9.17) is 9.47 Å². The maximum atomic E-state index is 12.3. The van der Waals surface area contributed by atoms with Crippen LogP contribution < -0.4 is 15.4 Å². The minimum absolute atomic E-state index is 0. The van der Waals surface area contributed by atoms with Crippen molar-refractivity contribution in [2.24, 2.45) is 4.99 Å². The molecule has 3 rings (SSSR count). The summed E-state index contributed by atoms with van der Waals surface area (Å²) in [6.45, 7) is 6.56. The van der Waals surface area contributed by atoms with E-state index in [1.165, 1.54) is 12.8 Å². The number of alkyl halides is 3. The van der Waals surface area contributed by atoms with Crippen molar-refractivity contribution in [3.8, 4) is 5.75 Å². The lowest BCUT2D eigenvalue weighted by Gasteiger charge is -2.45. The van der Waals surface area contributed by atoms with E-state index in [1.807, 2.05) is 6.92 Å². The molecule has 0 saturated carbocycles. The van der Waals surface area contributed by atoms with Gasteiger partial charge in [-0.2, -0.15) is 13.2 Å². The summed E-state index contributed by atoms with van der Waals surface area (Å²) in [5.74, 6) is 0.937. The first-order valence-electron chi connectivity index (χ1n) is 11.0. The highest BCUT2D eigenvalue weighted by Gasteiger charge is 2.39. The molecule has 0 unspecified atom stereocenters. The van der Waals surface area contributed by atoms with Crippen molar-refractivity contribution in [2.45, 2.75) is 50.9 Å². The van der Waals surface area contributed by atoms with E-state index >= 15 is 0 Å². The van der Waals surface area contributed by atoms with Crippen molar-refractivity contribution in [2.75, 3.05) is 46.0 Å². The SMILES string of the molecule is CCNC(=NCc1ccc(OCC(F)(F)F)cc1)NCC1(N2CCCC2)CCOCC1.I. The summed E-state index contributed by atoms with van der Waals surface area (Å²) >= 11 is 0. The van der Waals surface area contributed by atoms with E-state index in [9.17, 15) is 13.2 Å². The summed E-state index contributed by atoms with van der Waals surface area (Å²) in [5.41, 5.74) is 1.000. The summed E-state index contributed by atoms with van der Waals surface area (Å²) in [4.78, 5) is 7.27. The van der Waals surface area contributed by atoms with Crippen molar-refractivity contribution < 1.29 is 22.6 Å². The molecule has 0 spiro atoms. The van der Waals surface area contributed by atoms with Gasteiger partial charge in [-0.05, 0) is 63.4 Å². The van der Waals surface area contributed by atoms with Gasteiger partial charge in [0.05, 0.1) is 6.54 Å². The lowest BCUT2D eigenvalue weighted by Crippen LogP contribution is -2.58. The Morgan fingerprint density at radius 3 is 2.38 bits per heavy atom.